The van der Waals surface area contributed by atoms with Gasteiger partial charge in [-0.3, -0.25) is 14.5 Å². The number of hydrogen-bond acceptors (Lipinski definition) is 12. The predicted octanol–water partition coefficient (Wildman–Crippen LogP) is 1.88. The van der Waals surface area contributed by atoms with Gasteiger partial charge in [-0.25, -0.2) is 14.0 Å². The smallest absolute Gasteiger partial charge is 0.408 e. The fourth-order valence-electron chi connectivity index (χ4n) is 6.70. The van der Waals surface area contributed by atoms with Crippen LogP contribution in [0.4, 0.5) is 14.9 Å². The molecule has 1 aromatic rings. The van der Waals surface area contributed by atoms with Gasteiger partial charge in [0.15, 0.2) is 11.4 Å². The van der Waals surface area contributed by atoms with Gasteiger partial charge in [0.1, 0.15) is 40.3 Å². The number of aromatic hydroxyl groups is 1. The number of aliphatic hydroxyl groups excluding tert-OH is 2. The Morgan fingerprint density at radius 2 is 1.87 bits per heavy atom. The van der Waals surface area contributed by atoms with Crippen LogP contribution in [0.15, 0.2) is 28.7 Å². The number of amides is 2. The number of likely N-dealkylation sites (N-methyl/N-ethyl adjacent to an activating group) is 1. The Morgan fingerprint density at radius 1 is 1.23 bits per heavy atom. The van der Waals surface area contributed by atoms with Gasteiger partial charge in [0, 0.05) is 29.7 Å². The molecule has 0 heterocycles. The maximum absolute atomic E-state index is 15.5. The summed E-state index contributed by atoms with van der Waals surface area (Å²) in [5, 5.41) is 68.3. The third-order valence-electron chi connectivity index (χ3n) is 8.70. The minimum atomic E-state index is -2.61. The molecule has 0 saturated carbocycles. The number of rotatable bonds is 9. The van der Waals surface area contributed by atoms with E-state index in [0.29, 0.717) is 0 Å². The third-order valence-corrected chi connectivity index (χ3v) is 8.70. The van der Waals surface area contributed by atoms with E-state index in [0.717, 1.165) is 6.07 Å². The zero-order valence-corrected chi connectivity index (χ0v) is 26.6. The number of hydrogen-bond donors (Lipinski definition) is 9. The largest absolute Gasteiger partial charge is 0.510 e. The number of phenols is 1. The number of primary amides is 1. The Kier molecular flexibility index (Phi) is 9.34. The SMILES string of the molecule is CN(C)[C@@H]1C(O)=C(C(N)=O)C(=N)[C@@]2(O)C(O)=C3C(=O)c4c(O)c(NCCC[C@H](NC(=O)OC(C)(C)C)C(=O)O)cc(F)c4C[C@H]3C[C@@H]12. The molecule has 15 nitrogen and oxygen atoms in total. The summed E-state index contributed by atoms with van der Waals surface area (Å²) in [6.45, 7) is 4.86. The number of aliphatic carboxylic acids is 1. The molecule has 0 saturated heterocycles. The first-order valence-electron chi connectivity index (χ1n) is 14.9. The van der Waals surface area contributed by atoms with Crippen molar-refractivity contribution < 1.29 is 53.8 Å². The summed E-state index contributed by atoms with van der Waals surface area (Å²) in [6, 6.07) is -1.41. The fraction of sp³-hybridized carbons (Fsp3) is 0.516. The summed E-state index contributed by atoms with van der Waals surface area (Å²) in [5.74, 6) is -8.56. The molecule has 0 aliphatic heterocycles. The van der Waals surface area contributed by atoms with Crippen LogP contribution in [0.2, 0.25) is 0 Å². The molecule has 0 radical (unpaired) electrons. The highest BCUT2D eigenvalue weighted by atomic mass is 19.1. The van der Waals surface area contributed by atoms with Gasteiger partial charge in [0.05, 0.1) is 23.0 Å². The van der Waals surface area contributed by atoms with Crippen LogP contribution in [0.3, 0.4) is 0 Å². The van der Waals surface area contributed by atoms with E-state index in [1.807, 2.05) is 0 Å². The highest BCUT2D eigenvalue weighted by molar-refractivity contribution is 6.26. The Morgan fingerprint density at radius 3 is 2.43 bits per heavy atom. The molecule has 3 aliphatic carbocycles. The molecule has 4 rings (SSSR count). The van der Waals surface area contributed by atoms with Crippen molar-refractivity contribution in [2.24, 2.45) is 17.6 Å². The summed E-state index contributed by atoms with van der Waals surface area (Å²) >= 11 is 0. The number of ether oxygens (including phenoxy) is 1. The van der Waals surface area contributed by atoms with Crippen molar-refractivity contribution in [2.75, 3.05) is 26.0 Å². The van der Waals surface area contributed by atoms with E-state index in [1.54, 1.807) is 20.8 Å². The highest BCUT2D eigenvalue weighted by Gasteiger charge is 2.61. The molecule has 5 atom stereocenters. The quantitative estimate of drug-likeness (QED) is 0.136. The van der Waals surface area contributed by atoms with E-state index in [2.05, 4.69) is 10.6 Å². The van der Waals surface area contributed by atoms with Crippen LogP contribution in [0, 0.1) is 23.1 Å². The number of carboxylic acids is 1. The summed E-state index contributed by atoms with van der Waals surface area (Å²) in [5.41, 5.74) is -0.811. The van der Waals surface area contributed by atoms with Crippen molar-refractivity contribution in [1.82, 2.24) is 10.2 Å². The van der Waals surface area contributed by atoms with Crippen molar-refractivity contribution >= 4 is 35.2 Å². The summed E-state index contributed by atoms with van der Waals surface area (Å²) in [6.07, 6.45) is -1.14. The summed E-state index contributed by atoms with van der Waals surface area (Å²) in [7, 11) is 3.08. The Labute approximate surface area is 269 Å². The van der Waals surface area contributed by atoms with Gasteiger partial charge in [-0.2, -0.15) is 0 Å². The van der Waals surface area contributed by atoms with Crippen LogP contribution < -0.4 is 16.4 Å². The number of nitrogens with zero attached hydrogens (tertiary/aromatic N) is 1. The van der Waals surface area contributed by atoms with E-state index >= 15 is 4.39 Å². The first-order chi connectivity index (χ1) is 21.7. The lowest BCUT2D eigenvalue weighted by Gasteiger charge is -2.51. The van der Waals surface area contributed by atoms with E-state index in [1.165, 1.54) is 19.0 Å². The molecular formula is C31H40FN5O10. The molecule has 256 valence electrons. The molecular weight excluding hydrogens is 621 g/mol. The van der Waals surface area contributed by atoms with Gasteiger partial charge < -0.3 is 52.0 Å². The molecule has 0 spiro atoms. The van der Waals surface area contributed by atoms with E-state index < -0.39 is 98.8 Å². The van der Waals surface area contributed by atoms with E-state index in [4.69, 9.17) is 15.9 Å². The maximum Gasteiger partial charge on any atom is 0.408 e. The summed E-state index contributed by atoms with van der Waals surface area (Å²) < 4.78 is 20.6. The van der Waals surface area contributed by atoms with Crippen LogP contribution in [0.5, 0.6) is 5.75 Å². The predicted molar refractivity (Wildman–Crippen MR) is 165 cm³/mol. The van der Waals surface area contributed by atoms with E-state index in [9.17, 15) is 44.7 Å². The number of alkyl carbamates (subject to hydrolysis) is 1. The number of ketones is 1. The topological polar surface area (TPSA) is 256 Å². The Hall–Kier alpha value is -4.70. The fourth-order valence-corrected chi connectivity index (χ4v) is 6.70. The normalized spacial score (nSPS) is 24.7. The average molecular weight is 662 g/mol. The van der Waals surface area contributed by atoms with Gasteiger partial charge in [0.25, 0.3) is 5.91 Å². The molecule has 47 heavy (non-hydrogen) atoms. The van der Waals surface area contributed by atoms with Crippen molar-refractivity contribution in [3.63, 3.8) is 0 Å². The zero-order chi connectivity index (χ0) is 35.3. The van der Waals surface area contributed by atoms with Crippen LogP contribution >= 0.6 is 0 Å². The molecule has 0 aromatic heterocycles. The second-order valence-corrected chi connectivity index (χ2v) is 13.2. The van der Waals surface area contributed by atoms with Crippen molar-refractivity contribution in [3.05, 3.63) is 45.7 Å². The number of phenolic OH excluding ortho intramolecular Hbond substituents is 1. The number of allylic oxidation sites excluding steroid dienone is 1. The number of fused-ring (bicyclic) bond motifs is 3. The van der Waals surface area contributed by atoms with Gasteiger partial charge in [-0.1, -0.05) is 0 Å². The molecule has 0 bridgehead atoms. The number of carbonyl (C=O) groups excluding carboxylic acids is 3. The number of nitrogens with one attached hydrogen (secondary N) is 3. The van der Waals surface area contributed by atoms with Crippen molar-refractivity contribution in [1.29, 1.82) is 5.41 Å². The number of carboxylic acid groups (broad SMARTS) is 1. The van der Waals surface area contributed by atoms with Crippen molar-refractivity contribution in [2.45, 2.75) is 69.7 Å². The minimum absolute atomic E-state index is 0.00737. The first kappa shape index (κ1) is 35.2. The third kappa shape index (κ3) is 6.22. The van der Waals surface area contributed by atoms with Crippen LogP contribution in [0.25, 0.3) is 0 Å². The van der Waals surface area contributed by atoms with Gasteiger partial charge in [-0.05, 0) is 66.5 Å². The van der Waals surface area contributed by atoms with Gasteiger partial charge in [0.2, 0.25) is 0 Å². The minimum Gasteiger partial charge on any atom is -0.510 e. The number of anilines is 1. The molecule has 10 N–H and O–H groups in total. The zero-order valence-electron chi connectivity index (χ0n) is 26.6. The Bertz CT molecular complexity index is 1610. The number of carbonyl (C=O) groups is 4. The Balaban J connectivity index is 1.61. The number of benzene rings is 1. The second-order valence-electron chi connectivity index (χ2n) is 13.2. The highest BCUT2D eigenvalue weighted by Crippen LogP contribution is 2.53. The lowest BCUT2D eigenvalue weighted by atomic mass is 9.58. The molecule has 3 aliphatic rings. The van der Waals surface area contributed by atoms with Crippen LogP contribution in [-0.2, 0) is 20.7 Å². The first-order valence-corrected chi connectivity index (χ1v) is 14.9. The van der Waals surface area contributed by atoms with Crippen molar-refractivity contribution in [3.8, 4) is 5.75 Å². The molecule has 0 unspecified atom stereocenters. The number of nitrogens with two attached hydrogens (primary N) is 1. The van der Waals surface area contributed by atoms with E-state index in [-0.39, 0.29) is 49.1 Å². The second kappa shape index (κ2) is 12.5. The number of aliphatic hydroxyl groups is 3. The van der Waals surface area contributed by atoms with Crippen LogP contribution in [0.1, 0.15) is 56.0 Å². The standard InChI is InChI=1S/C31H40FN5O10/c1-30(2,3)47-29(45)36-16(28(43)44)7-6-8-35-17-11-15(32)13-9-12-10-14-21(37(4)5)24(40)20(27(34)42)25(33)31(14,46)26(41)18(12)23(39)19(13)22(17)38/h11-12,14,16,21,33,35,38,40-41,46H,6-10H2,1-5H3,(H2,34,42)(H,36,45)(H,43,44)/t12-,14-,16-,21-,31+/m0/s1. The number of halogens is 1. The molecule has 2 amide bonds. The van der Waals surface area contributed by atoms with Gasteiger partial charge in [-0.15, -0.1) is 0 Å². The number of Topliss-reactive ketones (excluding diaryl/α,β-unsaturated/α-hetero) is 1. The van der Waals surface area contributed by atoms with Gasteiger partial charge >= 0.3 is 12.1 Å². The lowest BCUT2D eigenvalue weighted by Crippen LogP contribution is -2.63. The summed E-state index contributed by atoms with van der Waals surface area (Å²) in [4.78, 5) is 51.2. The molecule has 16 heteroatoms. The molecule has 1 aromatic carbocycles. The lowest BCUT2D eigenvalue weighted by molar-refractivity contribution is -0.139. The maximum atomic E-state index is 15.5. The monoisotopic (exact) mass is 661 g/mol. The van der Waals surface area contributed by atoms with Crippen LogP contribution in [-0.4, -0.2) is 104 Å². The average Bonchev–Trinajstić information content (AvgIpc) is 2.93. The molecule has 0 fully saturated rings.